The van der Waals surface area contributed by atoms with Crippen molar-refractivity contribution in [2.45, 2.75) is 45.1 Å². The molecule has 2 aliphatic heterocycles. The zero-order valence-corrected chi connectivity index (χ0v) is 39.2. The van der Waals surface area contributed by atoms with E-state index in [0.29, 0.717) is 134 Å². The first-order chi connectivity index (χ1) is 33.5. The number of nitrogen functional groups attached to an aromatic ring is 1. The molecule has 3 aromatic heterocycles. The molecule has 4 aromatic carbocycles. The Hall–Kier alpha value is -7.95. The van der Waals surface area contributed by atoms with E-state index >= 15 is 0 Å². The van der Waals surface area contributed by atoms with Gasteiger partial charge in [0, 0.05) is 62.6 Å². The number of carbonyl (C=O) groups excluding carboxylic acids is 1. The second-order valence-corrected chi connectivity index (χ2v) is 17.5. The van der Waals surface area contributed by atoms with Crippen LogP contribution in [0.1, 0.15) is 42.4 Å². The van der Waals surface area contributed by atoms with Crippen molar-refractivity contribution in [2.24, 2.45) is 10.8 Å². The molecule has 0 radical (unpaired) electrons. The Kier molecular flexibility index (Phi) is 14.4. The molecule has 1 amide bonds. The second kappa shape index (κ2) is 20.9. The predicted octanol–water partition coefficient (Wildman–Crippen LogP) is 6.62. The number of piperidine rings is 2. The fraction of sp³-hybridized carbons (Fsp3) is 0.327. The number of hydrogen-bond acceptors (Lipinski definition) is 14. The number of carboxylic acids is 1. The van der Waals surface area contributed by atoms with Crippen LogP contribution in [0, 0.1) is 10.8 Å². The molecule has 17 nitrogen and oxygen atoms in total. The van der Waals surface area contributed by atoms with Gasteiger partial charge in [-0.15, -0.1) is 0 Å². The number of benzene rings is 4. The molecule has 358 valence electrons. The van der Waals surface area contributed by atoms with Gasteiger partial charge >= 0.3 is 5.97 Å². The number of nitrogens with zero attached hydrogens (tertiary/aromatic N) is 6. The number of aromatic nitrogens is 5. The van der Waals surface area contributed by atoms with Crippen molar-refractivity contribution in [3.05, 3.63) is 136 Å². The van der Waals surface area contributed by atoms with E-state index in [1.807, 2.05) is 71.6 Å². The number of fused-ring (bicyclic) bond motifs is 2. The minimum absolute atomic E-state index is 0.0561. The Labute approximate surface area is 399 Å². The number of hydrogen-bond donors (Lipinski definition) is 4. The molecule has 2 fully saturated rings. The first-order valence-corrected chi connectivity index (χ1v) is 22.8. The van der Waals surface area contributed by atoms with Crippen LogP contribution in [0.25, 0.3) is 21.8 Å². The van der Waals surface area contributed by atoms with Crippen LogP contribution in [0.2, 0.25) is 0 Å². The summed E-state index contributed by atoms with van der Waals surface area (Å²) in [6, 6.07) is 30.6. The lowest BCUT2D eigenvalue weighted by Gasteiger charge is -2.41. The summed E-state index contributed by atoms with van der Waals surface area (Å²) in [7, 11) is 6.21. The smallest absolute Gasteiger partial charge is 0.310 e. The van der Waals surface area contributed by atoms with Crippen LogP contribution in [0.3, 0.4) is 0 Å². The lowest BCUT2D eigenvalue weighted by molar-refractivity contribution is -0.150. The van der Waals surface area contributed by atoms with Crippen molar-refractivity contribution in [2.75, 3.05) is 70.2 Å². The summed E-state index contributed by atoms with van der Waals surface area (Å²) in [4.78, 5) is 63.5. The Bertz CT molecular complexity index is 2960. The molecule has 69 heavy (non-hydrogen) atoms. The fourth-order valence-electron chi connectivity index (χ4n) is 9.29. The summed E-state index contributed by atoms with van der Waals surface area (Å²) in [5.41, 5.74) is 8.99. The van der Waals surface area contributed by atoms with Crippen LogP contribution >= 0.6 is 0 Å². The highest BCUT2D eigenvalue weighted by atomic mass is 16.5. The molecule has 9 rings (SSSR count). The summed E-state index contributed by atoms with van der Waals surface area (Å²) in [6.45, 7) is 2.68. The van der Waals surface area contributed by atoms with Gasteiger partial charge < -0.3 is 44.9 Å². The molecule has 2 aliphatic rings. The molecule has 2 saturated heterocycles. The number of H-pyrrole nitrogens is 1. The number of carboxylic acid groups (broad SMARTS) is 1. The third-order valence-electron chi connectivity index (χ3n) is 13.3. The van der Waals surface area contributed by atoms with Crippen molar-refractivity contribution >= 4 is 51.4 Å². The number of nitrogens with two attached hydrogens (primary N) is 1. The normalized spacial score (nSPS) is 15.1. The van der Waals surface area contributed by atoms with Gasteiger partial charge in [-0.1, -0.05) is 66.7 Å². The molecule has 0 unspecified atom stereocenters. The van der Waals surface area contributed by atoms with Crippen LogP contribution in [0.15, 0.2) is 114 Å². The lowest BCUT2D eigenvalue weighted by atomic mass is 9.73. The number of ether oxygens (including phenoxy) is 4. The zero-order valence-electron chi connectivity index (χ0n) is 39.2. The predicted molar refractivity (Wildman–Crippen MR) is 264 cm³/mol. The Morgan fingerprint density at radius 3 is 1.72 bits per heavy atom. The monoisotopic (exact) mass is 935 g/mol. The number of aliphatic carboxylic acids is 1. The van der Waals surface area contributed by atoms with Crippen molar-refractivity contribution in [3.63, 3.8) is 0 Å². The van der Waals surface area contributed by atoms with Crippen LogP contribution in [-0.4, -0.2) is 96.5 Å². The number of amides is 1. The largest absolute Gasteiger partial charge is 0.493 e. The molecular formula is C52H57N9O8. The molecule has 7 aromatic rings. The molecule has 5 heterocycles. The van der Waals surface area contributed by atoms with Gasteiger partial charge in [0.15, 0.2) is 23.0 Å². The highest BCUT2D eigenvalue weighted by Crippen LogP contribution is 2.40. The first kappa shape index (κ1) is 47.5. The molecule has 0 atom stereocenters. The van der Waals surface area contributed by atoms with E-state index in [4.69, 9.17) is 29.7 Å². The van der Waals surface area contributed by atoms with E-state index in [1.165, 1.54) is 14.2 Å². The number of methoxy groups -OCH3 is 4. The van der Waals surface area contributed by atoms with Gasteiger partial charge in [0.2, 0.25) is 17.8 Å². The van der Waals surface area contributed by atoms with E-state index in [1.54, 1.807) is 44.8 Å². The highest BCUT2D eigenvalue weighted by Gasteiger charge is 2.43. The van der Waals surface area contributed by atoms with Crippen molar-refractivity contribution in [1.29, 1.82) is 0 Å². The van der Waals surface area contributed by atoms with E-state index in [-0.39, 0.29) is 11.5 Å². The third-order valence-corrected chi connectivity index (χ3v) is 13.3. The quantitative estimate of drug-likeness (QED) is 0.0900. The van der Waals surface area contributed by atoms with Crippen molar-refractivity contribution < 1.29 is 33.6 Å². The van der Waals surface area contributed by atoms with Gasteiger partial charge in [-0.3, -0.25) is 24.4 Å². The first-order valence-electron chi connectivity index (χ1n) is 22.8. The van der Waals surface area contributed by atoms with Crippen LogP contribution < -0.4 is 45.4 Å². The van der Waals surface area contributed by atoms with Gasteiger partial charge in [0.1, 0.15) is 5.82 Å². The average molecular weight is 936 g/mol. The van der Waals surface area contributed by atoms with Gasteiger partial charge in [-0.2, -0.15) is 4.98 Å². The zero-order chi connectivity index (χ0) is 48.5. The fourth-order valence-corrected chi connectivity index (χ4v) is 9.29. The van der Waals surface area contributed by atoms with E-state index in [2.05, 4.69) is 42.3 Å². The summed E-state index contributed by atoms with van der Waals surface area (Å²) in [6.07, 6.45) is 6.90. The summed E-state index contributed by atoms with van der Waals surface area (Å²) in [5, 5.41) is 14.3. The summed E-state index contributed by atoms with van der Waals surface area (Å²) < 4.78 is 21.4. The van der Waals surface area contributed by atoms with Crippen LogP contribution in [-0.2, 0) is 29.0 Å². The number of nitrogens with one attached hydrogen (secondary N) is 2. The lowest BCUT2D eigenvalue weighted by Crippen LogP contribution is -2.50. The SMILES string of the molecule is COc1cc2nc(N3CCC(Cc4ccccc4)(C(=O)NCc4cccnc4)CC3)nc(N)c2cc1OC.COc1cc2nc(N3CCC(Cc4ccccc4)(C(=O)O)CC3)[nH]c(=O)c2cc1OC. The topological polar surface area (TPSA) is 220 Å². The molecule has 5 N–H and O–H groups in total. The molecular weight excluding hydrogens is 879 g/mol. The van der Waals surface area contributed by atoms with Gasteiger partial charge in [-0.05, 0) is 73.4 Å². The van der Waals surface area contributed by atoms with E-state index < -0.39 is 16.8 Å². The Balaban J connectivity index is 0.000000190. The second-order valence-electron chi connectivity index (χ2n) is 17.5. The molecule has 0 spiro atoms. The van der Waals surface area contributed by atoms with Crippen LogP contribution in [0.5, 0.6) is 23.0 Å². The van der Waals surface area contributed by atoms with E-state index in [0.717, 1.165) is 16.7 Å². The number of anilines is 3. The summed E-state index contributed by atoms with van der Waals surface area (Å²) >= 11 is 0. The van der Waals surface area contributed by atoms with E-state index in [9.17, 15) is 19.5 Å². The molecule has 0 saturated carbocycles. The van der Waals surface area contributed by atoms with Gasteiger partial charge in [0.05, 0.1) is 55.7 Å². The minimum Gasteiger partial charge on any atom is -0.493 e. The maximum absolute atomic E-state index is 13.7. The molecule has 0 bridgehead atoms. The maximum Gasteiger partial charge on any atom is 0.310 e. The van der Waals surface area contributed by atoms with Gasteiger partial charge in [-0.25, -0.2) is 9.97 Å². The number of pyridine rings is 1. The van der Waals surface area contributed by atoms with Crippen LogP contribution in [0.4, 0.5) is 17.7 Å². The standard InChI is InChI=1S/C29H32N6O3.C23H25N3O5/c1-37-24-15-22-23(16-25(24)38-2)33-28(34-26(22)30)35-13-10-29(11-14-35,17-20-7-4-3-5-8-20)27(36)32-19-21-9-6-12-31-18-21;1-30-18-12-16-17(13-19(18)31-2)24-22(25-20(16)27)26-10-8-23(9-11-26,21(28)29)14-15-6-4-3-5-7-15/h3-9,12,15-16,18H,10-11,13-14,17,19H2,1-2H3,(H,32,36)(H2,30,33,34);3-7,12-13H,8-11,14H2,1-2H3,(H,28,29)(H,24,25,27). The number of carbonyl (C=O) groups is 2. The Morgan fingerprint density at radius 1 is 0.667 bits per heavy atom. The van der Waals surface area contributed by atoms with Gasteiger partial charge in [0.25, 0.3) is 5.56 Å². The third kappa shape index (κ3) is 10.5. The molecule has 17 heteroatoms. The average Bonchev–Trinajstić information content (AvgIpc) is 3.38. The number of rotatable bonds is 14. The maximum atomic E-state index is 13.7. The highest BCUT2D eigenvalue weighted by molar-refractivity contribution is 5.92. The Morgan fingerprint density at radius 2 is 1.17 bits per heavy atom. The minimum atomic E-state index is -0.828. The van der Waals surface area contributed by atoms with Crippen molar-refractivity contribution in [1.82, 2.24) is 30.2 Å². The summed E-state index contributed by atoms with van der Waals surface area (Å²) in [5.74, 6) is 2.73. The number of aromatic amines is 1. The molecule has 0 aliphatic carbocycles. The van der Waals surface area contributed by atoms with Crippen molar-refractivity contribution in [3.8, 4) is 23.0 Å².